The number of ether oxygens (including phenoxy) is 3. The monoisotopic (exact) mass is 375 g/mol. The second kappa shape index (κ2) is 10.3. The van der Waals surface area contributed by atoms with Crippen molar-refractivity contribution in [3.63, 3.8) is 0 Å². The molecule has 0 spiro atoms. The van der Waals surface area contributed by atoms with Gasteiger partial charge in [-0.15, -0.1) is 0 Å². The van der Waals surface area contributed by atoms with E-state index in [-0.39, 0.29) is 5.82 Å². The SMILES string of the molecule is CN=C(NCCc1c(OC)cc(OC)cc1OC)NCc1ccccc1F. The van der Waals surface area contributed by atoms with Gasteiger partial charge in [-0.3, -0.25) is 4.99 Å². The van der Waals surface area contributed by atoms with Crippen LogP contribution >= 0.6 is 0 Å². The number of benzene rings is 2. The van der Waals surface area contributed by atoms with Gasteiger partial charge in [0.15, 0.2) is 5.96 Å². The fourth-order valence-corrected chi connectivity index (χ4v) is 2.67. The molecule has 0 aliphatic carbocycles. The van der Waals surface area contributed by atoms with E-state index in [1.165, 1.54) is 6.07 Å². The van der Waals surface area contributed by atoms with Gasteiger partial charge in [-0.05, 0) is 12.5 Å². The number of hydrogen-bond acceptors (Lipinski definition) is 4. The highest BCUT2D eigenvalue weighted by atomic mass is 19.1. The van der Waals surface area contributed by atoms with Gasteiger partial charge in [0.1, 0.15) is 23.1 Å². The molecule has 0 aliphatic heterocycles. The predicted octanol–water partition coefficient (Wildman–Crippen LogP) is 2.76. The van der Waals surface area contributed by atoms with Gasteiger partial charge in [0.25, 0.3) is 0 Å². The normalized spacial score (nSPS) is 11.1. The van der Waals surface area contributed by atoms with Crippen molar-refractivity contribution in [3.05, 3.63) is 53.3 Å². The molecule has 146 valence electrons. The Morgan fingerprint density at radius 1 is 1.00 bits per heavy atom. The lowest BCUT2D eigenvalue weighted by Gasteiger charge is -2.16. The lowest BCUT2D eigenvalue weighted by Crippen LogP contribution is -2.38. The number of nitrogens with one attached hydrogen (secondary N) is 2. The summed E-state index contributed by atoms with van der Waals surface area (Å²) in [6.07, 6.45) is 0.650. The van der Waals surface area contributed by atoms with Crippen molar-refractivity contribution >= 4 is 5.96 Å². The van der Waals surface area contributed by atoms with Crippen LogP contribution in [0.15, 0.2) is 41.4 Å². The number of rotatable bonds is 8. The second-order valence-electron chi connectivity index (χ2n) is 5.70. The molecule has 0 aromatic heterocycles. The topological polar surface area (TPSA) is 64.1 Å². The van der Waals surface area contributed by atoms with Crippen molar-refractivity contribution in [2.45, 2.75) is 13.0 Å². The lowest BCUT2D eigenvalue weighted by molar-refractivity contribution is 0.368. The van der Waals surface area contributed by atoms with Gasteiger partial charge >= 0.3 is 0 Å². The maximum atomic E-state index is 13.7. The number of hydrogen-bond donors (Lipinski definition) is 2. The van der Waals surface area contributed by atoms with Crippen molar-refractivity contribution in [1.82, 2.24) is 10.6 Å². The molecular formula is C20H26FN3O3. The molecule has 7 heteroatoms. The Labute approximate surface area is 159 Å². The van der Waals surface area contributed by atoms with Gasteiger partial charge in [-0.2, -0.15) is 0 Å². The minimum absolute atomic E-state index is 0.242. The first-order valence-electron chi connectivity index (χ1n) is 8.59. The predicted molar refractivity (Wildman–Crippen MR) is 104 cm³/mol. The molecule has 6 nitrogen and oxygen atoms in total. The first-order valence-corrected chi connectivity index (χ1v) is 8.59. The average molecular weight is 375 g/mol. The average Bonchev–Trinajstić information content (AvgIpc) is 2.71. The number of methoxy groups -OCH3 is 3. The summed E-state index contributed by atoms with van der Waals surface area (Å²) >= 11 is 0. The molecule has 0 radical (unpaired) electrons. The van der Waals surface area contributed by atoms with Crippen LogP contribution in [0.1, 0.15) is 11.1 Å². The van der Waals surface area contributed by atoms with Crippen molar-refractivity contribution in [2.75, 3.05) is 34.9 Å². The zero-order valence-electron chi connectivity index (χ0n) is 16.1. The molecule has 0 unspecified atom stereocenters. The maximum Gasteiger partial charge on any atom is 0.191 e. The van der Waals surface area contributed by atoms with Gasteiger partial charge in [0.05, 0.1) is 21.3 Å². The van der Waals surface area contributed by atoms with Crippen molar-refractivity contribution in [1.29, 1.82) is 0 Å². The van der Waals surface area contributed by atoms with Gasteiger partial charge in [0.2, 0.25) is 0 Å². The standard InChI is InChI=1S/C20H26FN3O3/c1-22-20(24-13-14-7-5-6-8-17(14)21)23-10-9-16-18(26-3)11-15(25-2)12-19(16)27-4/h5-8,11-12H,9-10,13H2,1-4H3,(H2,22,23,24). The van der Waals surface area contributed by atoms with E-state index in [1.54, 1.807) is 46.6 Å². The fraction of sp³-hybridized carbons (Fsp3) is 0.350. The summed E-state index contributed by atoms with van der Waals surface area (Å²) in [5.41, 5.74) is 1.51. The van der Waals surface area contributed by atoms with E-state index < -0.39 is 0 Å². The molecular weight excluding hydrogens is 349 g/mol. The van der Waals surface area contributed by atoms with Crippen LogP contribution in [0.2, 0.25) is 0 Å². The summed E-state index contributed by atoms with van der Waals surface area (Å²) in [5, 5.41) is 6.32. The van der Waals surface area contributed by atoms with Crippen LogP contribution in [-0.4, -0.2) is 40.9 Å². The van der Waals surface area contributed by atoms with Crippen LogP contribution in [0, 0.1) is 5.82 Å². The van der Waals surface area contributed by atoms with Gasteiger partial charge in [-0.1, -0.05) is 18.2 Å². The van der Waals surface area contributed by atoms with Crippen LogP contribution in [0.25, 0.3) is 0 Å². The zero-order chi connectivity index (χ0) is 19.6. The third-order valence-corrected chi connectivity index (χ3v) is 4.11. The summed E-state index contributed by atoms with van der Waals surface area (Å²) in [7, 11) is 6.49. The molecule has 2 N–H and O–H groups in total. The largest absolute Gasteiger partial charge is 0.496 e. The summed E-state index contributed by atoms with van der Waals surface area (Å²) in [4.78, 5) is 4.17. The van der Waals surface area contributed by atoms with E-state index in [0.29, 0.717) is 48.3 Å². The molecule has 2 rings (SSSR count). The summed E-state index contributed by atoms with van der Waals surface area (Å²) in [6, 6.07) is 10.3. The first kappa shape index (κ1) is 20.4. The van der Waals surface area contributed by atoms with E-state index in [1.807, 2.05) is 12.1 Å². The molecule has 27 heavy (non-hydrogen) atoms. The van der Waals surface area contributed by atoms with Crippen LogP contribution < -0.4 is 24.8 Å². The third-order valence-electron chi connectivity index (χ3n) is 4.11. The quantitative estimate of drug-likeness (QED) is 0.549. The van der Waals surface area contributed by atoms with E-state index in [0.717, 1.165) is 5.56 Å². The highest BCUT2D eigenvalue weighted by Crippen LogP contribution is 2.34. The highest BCUT2D eigenvalue weighted by Gasteiger charge is 2.13. The van der Waals surface area contributed by atoms with Gasteiger partial charge < -0.3 is 24.8 Å². The van der Waals surface area contributed by atoms with E-state index in [2.05, 4.69) is 15.6 Å². The highest BCUT2D eigenvalue weighted by molar-refractivity contribution is 5.79. The number of guanidine groups is 1. The van der Waals surface area contributed by atoms with Crippen LogP contribution in [0.4, 0.5) is 4.39 Å². The zero-order valence-corrected chi connectivity index (χ0v) is 16.1. The Hall–Kier alpha value is -2.96. The van der Waals surface area contributed by atoms with Crippen molar-refractivity contribution in [3.8, 4) is 17.2 Å². The lowest BCUT2D eigenvalue weighted by atomic mass is 10.1. The molecule has 2 aromatic rings. The molecule has 0 bridgehead atoms. The molecule has 0 saturated heterocycles. The minimum atomic E-state index is -0.242. The van der Waals surface area contributed by atoms with Crippen molar-refractivity contribution in [2.24, 2.45) is 4.99 Å². The molecule has 0 amide bonds. The number of aliphatic imine (C=N–C) groups is 1. The fourth-order valence-electron chi connectivity index (χ4n) is 2.67. The van der Waals surface area contributed by atoms with E-state index in [9.17, 15) is 4.39 Å². The van der Waals surface area contributed by atoms with Gasteiger partial charge in [0, 0.05) is 43.4 Å². The Kier molecular flexibility index (Phi) is 7.73. The summed E-state index contributed by atoms with van der Waals surface area (Å²) < 4.78 is 29.9. The summed E-state index contributed by atoms with van der Waals surface area (Å²) in [5.74, 6) is 2.41. The molecule has 2 aromatic carbocycles. The third kappa shape index (κ3) is 5.51. The Morgan fingerprint density at radius 3 is 2.22 bits per heavy atom. The van der Waals surface area contributed by atoms with E-state index in [4.69, 9.17) is 14.2 Å². The minimum Gasteiger partial charge on any atom is -0.496 e. The first-order chi connectivity index (χ1) is 13.1. The Morgan fingerprint density at radius 2 is 1.67 bits per heavy atom. The van der Waals surface area contributed by atoms with Crippen molar-refractivity contribution < 1.29 is 18.6 Å². The molecule has 0 aliphatic rings. The van der Waals surface area contributed by atoms with Crippen LogP contribution in [0.5, 0.6) is 17.2 Å². The van der Waals surface area contributed by atoms with Crippen LogP contribution in [-0.2, 0) is 13.0 Å². The summed E-state index contributed by atoms with van der Waals surface area (Å²) in [6.45, 7) is 0.942. The number of nitrogens with zero attached hydrogens (tertiary/aromatic N) is 1. The Bertz CT molecular complexity index is 756. The number of halogens is 1. The Balaban J connectivity index is 1.97. The van der Waals surface area contributed by atoms with Gasteiger partial charge in [-0.25, -0.2) is 4.39 Å². The maximum absolute atomic E-state index is 13.7. The molecule has 0 heterocycles. The van der Waals surface area contributed by atoms with E-state index >= 15 is 0 Å². The smallest absolute Gasteiger partial charge is 0.191 e. The molecule has 0 fully saturated rings. The molecule has 0 saturated carbocycles. The van der Waals surface area contributed by atoms with Crippen LogP contribution in [0.3, 0.4) is 0 Å². The second-order valence-corrected chi connectivity index (χ2v) is 5.70. The molecule has 0 atom stereocenters.